The molecular weight excluding hydrogens is 226 g/mol. The van der Waals surface area contributed by atoms with Crippen molar-refractivity contribution in [2.45, 2.75) is 12.5 Å². The van der Waals surface area contributed by atoms with Crippen molar-refractivity contribution in [2.24, 2.45) is 0 Å². The van der Waals surface area contributed by atoms with Gasteiger partial charge in [-0.3, -0.25) is 0 Å². The molecule has 0 unspecified atom stereocenters. The predicted octanol–water partition coefficient (Wildman–Crippen LogP) is 2.15. The van der Waals surface area contributed by atoms with E-state index in [4.69, 9.17) is 16.3 Å². The van der Waals surface area contributed by atoms with Gasteiger partial charge >= 0.3 is 0 Å². The van der Waals surface area contributed by atoms with E-state index < -0.39 is 0 Å². The highest BCUT2D eigenvalue weighted by Gasteiger charge is 2.06. The highest BCUT2D eigenvalue weighted by atomic mass is 35.5. The van der Waals surface area contributed by atoms with E-state index in [9.17, 15) is 0 Å². The SMILES string of the molecule is COCc1ccccc1-n1cc(CCl)nn1. The molecule has 16 heavy (non-hydrogen) atoms. The van der Waals surface area contributed by atoms with Crippen molar-refractivity contribution in [1.82, 2.24) is 15.0 Å². The fourth-order valence-corrected chi connectivity index (χ4v) is 1.61. The van der Waals surface area contributed by atoms with Crippen molar-refractivity contribution in [1.29, 1.82) is 0 Å². The Hall–Kier alpha value is -1.39. The number of aromatic nitrogens is 3. The first-order valence-corrected chi connectivity index (χ1v) is 5.43. The van der Waals surface area contributed by atoms with Gasteiger partial charge in [0.2, 0.25) is 0 Å². The zero-order valence-corrected chi connectivity index (χ0v) is 9.68. The Labute approximate surface area is 98.8 Å². The molecule has 5 heteroatoms. The molecule has 1 aromatic heterocycles. The van der Waals surface area contributed by atoms with Gasteiger partial charge in [-0.1, -0.05) is 23.4 Å². The quantitative estimate of drug-likeness (QED) is 0.765. The topological polar surface area (TPSA) is 39.9 Å². The minimum absolute atomic E-state index is 0.368. The molecule has 1 aromatic carbocycles. The second-order valence-corrected chi connectivity index (χ2v) is 3.62. The van der Waals surface area contributed by atoms with Gasteiger partial charge in [-0.15, -0.1) is 16.7 Å². The number of nitrogens with zero attached hydrogens (tertiary/aromatic N) is 3. The average molecular weight is 238 g/mol. The fourth-order valence-electron chi connectivity index (χ4n) is 1.49. The Morgan fingerprint density at radius 3 is 2.88 bits per heavy atom. The lowest BCUT2D eigenvalue weighted by Gasteiger charge is -2.07. The number of hydrogen-bond acceptors (Lipinski definition) is 3. The molecule has 0 aliphatic heterocycles. The zero-order chi connectivity index (χ0) is 11.4. The predicted molar refractivity (Wildman–Crippen MR) is 61.6 cm³/mol. The summed E-state index contributed by atoms with van der Waals surface area (Å²) in [4.78, 5) is 0. The van der Waals surface area contributed by atoms with Crippen molar-refractivity contribution in [3.8, 4) is 5.69 Å². The maximum Gasteiger partial charge on any atom is 0.0979 e. The number of ether oxygens (including phenoxy) is 1. The van der Waals surface area contributed by atoms with Crippen molar-refractivity contribution < 1.29 is 4.74 Å². The number of methoxy groups -OCH3 is 1. The highest BCUT2D eigenvalue weighted by Crippen LogP contribution is 2.14. The normalized spacial score (nSPS) is 10.6. The van der Waals surface area contributed by atoms with E-state index in [1.165, 1.54) is 0 Å². The van der Waals surface area contributed by atoms with Crippen LogP contribution in [0.1, 0.15) is 11.3 Å². The zero-order valence-electron chi connectivity index (χ0n) is 8.93. The van der Waals surface area contributed by atoms with Crippen LogP contribution in [0, 0.1) is 0 Å². The molecule has 2 rings (SSSR count). The van der Waals surface area contributed by atoms with Gasteiger partial charge in [0.05, 0.1) is 30.1 Å². The van der Waals surface area contributed by atoms with Crippen molar-refractivity contribution >= 4 is 11.6 Å². The lowest BCUT2D eigenvalue weighted by Crippen LogP contribution is -2.01. The standard InChI is InChI=1S/C11H12ClN3O/c1-16-8-9-4-2-3-5-11(9)15-7-10(6-12)13-14-15/h2-5,7H,6,8H2,1H3. The van der Waals surface area contributed by atoms with E-state index in [0.717, 1.165) is 16.9 Å². The van der Waals surface area contributed by atoms with E-state index in [1.807, 2.05) is 30.5 Å². The van der Waals surface area contributed by atoms with Crippen LogP contribution in [0.2, 0.25) is 0 Å². The summed E-state index contributed by atoms with van der Waals surface area (Å²) in [5, 5.41) is 7.98. The molecule has 0 bridgehead atoms. The molecular formula is C11H12ClN3O. The number of alkyl halides is 1. The maximum atomic E-state index is 5.69. The molecule has 4 nitrogen and oxygen atoms in total. The van der Waals surface area contributed by atoms with Crippen LogP contribution >= 0.6 is 11.6 Å². The second kappa shape index (κ2) is 5.09. The van der Waals surface area contributed by atoms with Crippen LogP contribution in [0.15, 0.2) is 30.5 Å². The number of para-hydroxylation sites is 1. The Bertz CT molecular complexity index is 470. The number of hydrogen-bond donors (Lipinski definition) is 0. The number of rotatable bonds is 4. The van der Waals surface area contributed by atoms with Gasteiger partial charge in [0.1, 0.15) is 0 Å². The average Bonchev–Trinajstić information content (AvgIpc) is 2.79. The van der Waals surface area contributed by atoms with Gasteiger partial charge in [-0.05, 0) is 6.07 Å². The smallest absolute Gasteiger partial charge is 0.0979 e. The molecule has 0 spiro atoms. The second-order valence-electron chi connectivity index (χ2n) is 3.35. The molecule has 0 radical (unpaired) electrons. The Balaban J connectivity index is 2.38. The molecule has 2 aromatic rings. The van der Waals surface area contributed by atoms with Crippen LogP contribution in [0.25, 0.3) is 5.69 Å². The highest BCUT2D eigenvalue weighted by molar-refractivity contribution is 6.16. The van der Waals surface area contributed by atoms with E-state index >= 15 is 0 Å². The van der Waals surface area contributed by atoms with Crippen LogP contribution in [0.5, 0.6) is 0 Å². The molecule has 0 aliphatic rings. The van der Waals surface area contributed by atoms with E-state index in [-0.39, 0.29) is 0 Å². The summed E-state index contributed by atoms with van der Waals surface area (Å²) in [5.41, 5.74) is 2.79. The summed E-state index contributed by atoms with van der Waals surface area (Å²) in [7, 11) is 1.67. The minimum atomic E-state index is 0.368. The molecule has 84 valence electrons. The lowest BCUT2D eigenvalue weighted by molar-refractivity contribution is 0.184. The summed E-state index contributed by atoms with van der Waals surface area (Å²) in [6.45, 7) is 0.548. The van der Waals surface area contributed by atoms with Gasteiger partial charge < -0.3 is 4.74 Å². The van der Waals surface area contributed by atoms with Gasteiger partial charge in [0, 0.05) is 12.7 Å². The molecule has 0 fully saturated rings. The van der Waals surface area contributed by atoms with Crippen molar-refractivity contribution in [3.63, 3.8) is 0 Å². The summed E-state index contributed by atoms with van der Waals surface area (Å²) < 4.78 is 6.85. The monoisotopic (exact) mass is 237 g/mol. The lowest BCUT2D eigenvalue weighted by atomic mass is 10.2. The van der Waals surface area contributed by atoms with Gasteiger partial charge in [0.15, 0.2) is 0 Å². The first-order valence-electron chi connectivity index (χ1n) is 4.89. The molecule has 1 heterocycles. The largest absolute Gasteiger partial charge is 0.380 e. The first-order chi connectivity index (χ1) is 7.85. The van der Waals surface area contributed by atoms with Crippen LogP contribution in [0.3, 0.4) is 0 Å². The Kier molecular flexibility index (Phi) is 3.54. The molecule has 0 aliphatic carbocycles. The number of benzene rings is 1. The van der Waals surface area contributed by atoms with Crippen LogP contribution in [-0.2, 0) is 17.2 Å². The van der Waals surface area contributed by atoms with Gasteiger partial charge in [-0.2, -0.15) is 0 Å². The third-order valence-electron chi connectivity index (χ3n) is 2.22. The van der Waals surface area contributed by atoms with Gasteiger partial charge in [-0.25, -0.2) is 4.68 Å². The van der Waals surface area contributed by atoms with E-state index in [2.05, 4.69) is 10.3 Å². The van der Waals surface area contributed by atoms with Crippen LogP contribution < -0.4 is 0 Å². The Morgan fingerprint density at radius 2 is 2.19 bits per heavy atom. The molecule has 0 N–H and O–H groups in total. The molecule has 0 amide bonds. The van der Waals surface area contributed by atoms with Crippen molar-refractivity contribution in [2.75, 3.05) is 7.11 Å². The molecule has 0 atom stereocenters. The van der Waals surface area contributed by atoms with Crippen molar-refractivity contribution in [3.05, 3.63) is 41.7 Å². The summed E-state index contributed by atoms with van der Waals surface area (Å²) in [5.74, 6) is 0.368. The summed E-state index contributed by atoms with van der Waals surface area (Å²) in [6.07, 6.45) is 1.82. The van der Waals surface area contributed by atoms with E-state index in [1.54, 1.807) is 11.8 Å². The third kappa shape index (κ3) is 2.23. The van der Waals surface area contributed by atoms with Gasteiger partial charge in [0.25, 0.3) is 0 Å². The van der Waals surface area contributed by atoms with E-state index in [0.29, 0.717) is 12.5 Å². The number of halogens is 1. The molecule has 0 saturated carbocycles. The first kappa shape index (κ1) is 11.1. The van der Waals surface area contributed by atoms with Crippen LogP contribution in [-0.4, -0.2) is 22.1 Å². The maximum absolute atomic E-state index is 5.69. The summed E-state index contributed by atoms with van der Waals surface area (Å²) >= 11 is 5.69. The Morgan fingerprint density at radius 1 is 1.38 bits per heavy atom. The molecule has 0 saturated heterocycles. The third-order valence-corrected chi connectivity index (χ3v) is 2.49. The fraction of sp³-hybridized carbons (Fsp3) is 0.273. The minimum Gasteiger partial charge on any atom is -0.380 e. The summed E-state index contributed by atoms with van der Waals surface area (Å²) in [6, 6.07) is 7.90. The van der Waals surface area contributed by atoms with Crippen LogP contribution in [0.4, 0.5) is 0 Å².